The number of rotatable bonds is 3. The van der Waals surface area contributed by atoms with Gasteiger partial charge in [-0.2, -0.15) is 5.26 Å². The molecule has 2 aromatic carbocycles. The molecule has 2 N–H and O–H groups in total. The number of benzene rings is 2. The Balaban J connectivity index is 2.32. The van der Waals surface area contributed by atoms with Crippen LogP contribution in [0.2, 0.25) is 0 Å². The molecule has 2 rings (SSSR count). The minimum atomic E-state index is -0.947. The number of carboxylic acids is 1. The number of nitriles is 1. The number of carbonyl (C=O) groups is 1. The number of carboxylic acid groups (broad SMARTS) is 1. The molecule has 110 valence electrons. The molecule has 0 bridgehead atoms. The Kier molecular flexibility index (Phi) is 5.17. The molecule has 0 aromatic heterocycles. The van der Waals surface area contributed by atoms with Crippen LogP contribution >= 0.6 is 11.8 Å². The molecule has 6 heteroatoms. The Morgan fingerprint density at radius 2 is 1.95 bits per heavy atom. The summed E-state index contributed by atoms with van der Waals surface area (Å²) >= 11 is 1.35. The summed E-state index contributed by atoms with van der Waals surface area (Å²) in [5, 5.41) is 20.6. The number of hydrogen-bond donors (Lipinski definition) is 2. The molecular weight excluding hydrogens is 298 g/mol. The average Bonchev–Trinajstić information content (AvgIpc) is 2.55. The zero-order valence-corrected chi connectivity index (χ0v) is 12.6. The van der Waals surface area contributed by atoms with Crippen molar-refractivity contribution in [3.8, 4) is 17.3 Å². The van der Waals surface area contributed by atoms with Gasteiger partial charge in [0.25, 0.3) is 0 Å². The van der Waals surface area contributed by atoms with E-state index < -0.39 is 5.97 Å². The van der Waals surface area contributed by atoms with Gasteiger partial charge in [-0.3, -0.25) is 5.32 Å². The van der Waals surface area contributed by atoms with Crippen molar-refractivity contribution in [1.82, 2.24) is 5.32 Å². The Bertz CT molecular complexity index is 749. The van der Waals surface area contributed by atoms with Crippen LogP contribution in [-0.4, -0.2) is 22.5 Å². The lowest BCUT2D eigenvalue weighted by atomic mass is 10.0. The highest BCUT2D eigenvalue weighted by Gasteiger charge is 2.04. The van der Waals surface area contributed by atoms with E-state index in [1.807, 2.05) is 36.7 Å². The molecule has 0 spiro atoms. The number of thioether (sulfide) groups is 1. The van der Waals surface area contributed by atoms with Crippen LogP contribution in [0.1, 0.15) is 10.4 Å². The SMILES string of the molecule is CSC(=Nc1cccc(-c2ccc(C(=O)O)cc2)c1)NC#N. The largest absolute Gasteiger partial charge is 0.478 e. The second-order valence-corrected chi connectivity index (χ2v) is 5.09. The van der Waals surface area contributed by atoms with Gasteiger partial charge in [-0.1, -0.05) is 36.0 Å². The quantitative estimate of drug-likeness (QED) is 0.392. The summed E-state index contributed by atoms with van der Waals surface area (Å²) in [5.74, 6) is -0.947. The van der Waals surface area contributed by atoms with Crippen molar-refractivity contribution in [2.24, 2.45) is 4.99 Å². The maximum Gasteiger partial charge on any atom is 0.335 e. The van der Waals surface area contributed by atoms with Gasteiger partial charge in [-0.05, 0) is 41.6 Å². The average molecular weight is 311 g/mol. The first-order valence-corrected chi connectivity index (χ1v) is 7.58. The molecule has 0 aliphatic rings. The highest BCUT2D eigenvalue weighted by molar-refractivity contribution is 8.13. The zero-order chi connectivity index (χ0) is 15.9. The predicted octanol–water partition coefficient (Wildman–Crippen LogP) is 3.47. The van der Waals surface area contributed by atoms with E-state index in [0.29, 0.717) is 10.9 Å². The number of hydrogen-bond acceptors (Lipinski definition) is 4. The summed E-state index contributed by atoms with van der Waals surface area (Å²) in [6.07, 6.45) is 3.68. The van der Waals surface area contributed by atoms with Crippen molar-refractivity contribution in [1.29, 1.82) is 5.26 Å². The third-order valence-electron chi connectivity index (χ3n) is 2.90. The van der Waals surface area contributed by atoms with Crippen molar-refractivity contribution < 1.29 is 9.90 Å². The first-order chi connectivity index (χ1) is 10.6. The first kappa shape index (κ1) is 15.6. The van der Waals surface area contributed by atoms with E-state index >= 15 is 0 Å². The smallest absolute Gasteiger partial charge is 0.335 e. The molecular formula is C16H13N3O2S. The molecule has 0 saturated carbocycles. The predicted molar refractivity (Wildman–Crippen MR) is 88.2 cm³/mol. The molecule has 0 fully saturated rings. The number of aliphatic imine (C=N–C) groups is 1. The Morgan fingerprint density at radius 1 is 1.23 bits per heavy atom. The van der Waals surface area contributed by atoms with Crippen molar-refractivity contribution in [3.63, 3.8) is 0 Å². The second-order valence-electron chi connectivity index (χ2n) is 4.29. The number of aromatic carboxylic acids is 1. The van der Waals surface area contributed by atoms with Gasteiger partial charge >= 0.3 is 5.97 Å². The van der Waals surface area contributed by atoms with Crippen LogP contribution in [0.3, 0.4) is 0 Å². The van der Waals surface area contributed by atoms with Crippen LogP contribution in [0.15, 0.2) is 53.5 Å². The lowest BCUT2D eigenvalue weighted by molar-refractivity contribution is 0.0697. The van der Waals surface area contributed by atoms with Crippen molar-refractivity contribution >= 4 is 28.6 Å². The van der Waals surface area contributed by atoms with Crippen LogP contribution in [0, 0.1) is 11.5 Å². The van der Waals surface area contributed by atoms with Crippen molar-refractivity contribution in [2.75, 3.05) is 6.26 Å². The summed E-state index contributed by atoms with van der Waals surface area (Å²) in [5.41, 5.74) is 2.80. The van der Waals surface area contributed by atoms with Crippen LogP contribution in [-0.2, 0) is 0 Å². The lowest BCUT2D eigenvalue weighted by Gasteiger charge is -2.05. The van der Waals surface area contributed by atoms with E-state index in [1.165, 1.54) is 11.8 Å². The molecule has 0 unspecified atom stereocenters. The summed E-state index contributed by atoms with van der Waals surface area (Å²) in [4.78, 5) is 15.2. The monoisotopic (exact) mass is 311 g/mol. The number of amidine groups is 1. The fourth-order valence-electron chi connectivity index (χ4n) is 1.85. The maximum absolute atomic E-state index is 10.9. The Morgan fingerprint density at radius 3 is 2.55 bits per heavy atom. The molecule has 0 heterocycles. The summed E-state index contributed by atoms with van der Waals surface area (Å²) in [7, 11) is 0. The van der Waals surface area contributed by atoms with Gasteiger partial charge < -0.3 is 5.11 Å². The van der Waals surface area contributed by atoms with Crippen molar-refractivity contribution in [2.45, 2.75) is 0 Å². The Hall–Kier alpha value is -2.78. The van der Waals surface area contributed by atoms with Gasteiger partial charge in [0.15, 0.2) is 11.4 Å². The van der Waals surface area contributed by atoms with Crippen LogP contribution < -0.4 is 5.32 Å². The van der Waals surface area contributed by atoms with Gasteiger partial charge in [0.05, 0.1) is 11.3 Å². The van der Waals surface area contributed by atoms with Crippen molar-refractivity contribution in [3.05, 3.63) is 54.1 Å². The third-order valence-corrected chi connectivity index (χ3v) is 3.48. The summed E-state index contributed by atoms with van der Waals surface area (Å²) < 4.78 is 0. The molecule has 0 amide bonds. The van der Waals surface area contributed by atoms with Gasteiger partial charge in [0.2, 0.25) is 0 Å². The highest BCUT2D eigenvalue weighted by Crippen LogP contribution is 2.25. The highest BCUT2D eigenvalue weighted by atomic mass is 32.2. The first-order valence-electron chi connectivity index (χ1n) is 6.35. The fourth-order valence-corrected chi connectivity index (χ4v) is 2.19. The van der Waals surface area contributed by atoms with Gasteiger partial charge in [-0.15, -0.1) is 0 Å². The van der Waals surface area contributed by atoms with E-state index in [0.717, 1.165) is 11.1 Å². The fraction of sp³-hybridized carbons (Fsp3) is 0.0625. The standard InChI is InChI=1S/C16H13N3O2S/c1-22-16(18-10-17)19-14-4-2-3-13(9-14)11-5-7-12(8-6-11)15(20)21/h2-9H,1H3,(H,18,19)(H,20,21). The van der Waals surface area contributed by atoms with E-state index in [4.69, 9.17) is 10.4 Å². The molecule has 0 atom stereocenters. The second kappa shape index (κ2) is 7.29. The van der Waals surface area contributed by atoms with Gasteiger partial charge in [0.1, 0.15) is 0 Å². The topological polar surface area (TPSA) is 85.5 Å². The van der Waals surface area contributed by atoms with E-state index in [9.17, 15) is 4.79 Å². The molecule has 5 nitrogen and oxygen atoms in total. The minimum absolute atomic E-state index is 0.251. The third kappa shape index (κ3) is 3.87. The number of nitrogens with zero attached hydrogens (tertiary/aromatic N) is 2. The maximum atomic E-state index is 10.9. The van der Waals surface area contributed by atoms with E-state index in [-0.39, 0.29) is 5.56 Å². The van der Waals surface area contributed by atoms with Gasteiger partial charge in [0, 0.05) is 0 Å². The molecule has 0 aliphatic carbocycles. The van der Waals surface area contributed by atoms with Crippen LogP contribution in [0.4, 0.5) is 5.69 Å². The molecule has 22 heavy (non-hydrogen) atoms. The van der Waals surface area contributed by atoms with Crippen LogP contribution in [0.25, 0.3) is 11.1 Å². The van der Waals surface area contributed by atoms with Gasteiger partial charge in [-0.25, -0.2) is 9.79 Å². The van der Waals surface area contributed by atoms with Crippen LogP contribution in [0.5, 0.6) is 0 Å². The zero-order valence-electron chi connectivity index (χ0n) is 11.8. The summed E-state index contributed by atoms with van der Waals surface area (Å²) in [6.45, 7) is 0. The molecule has 0 radical (unpaired) electrons. The lowest BCUT2D eigenvalue weighted by Crippen LogP contribution is -2.12. The molecule has 0 aliphatic heterocycles. The van der Waals surface area contributed by atoms with E-state index in [1.54, 1.807) is 24.3 Å². The van der Waals surface area contributed by atoms with E-state index in [2.05, 4.69) is 10.3 Å². The number of nitrogens with one attached hydrogen (secondary N) is 1. The Labute approximate surface area is 132 Å². The normalized spacial score (nSPS) is 10.8. The molecule has 0 saturated heterocycles. The minimum Gasteiger partial charge on any atom is -0.478 e. The summed E-state index contributed by atoms with van der Waals surface area (Å²) in [6, 6.07) is 14.2. The molecule has 2 aromatic rings.